The third kappa shape index (κ3) is 5.22. The fourth-order valence-electron chi connectivity index (χ4n) is 4.70. The molecule has 1 aromatic carbocycles. The standard InChI is InChI=1S/C23H27N5O7S.Na.H/c1-4-26-10-11-27(19(32)18(26)31)22(35)25-13(12-8-6-5-7-9-12)16(29)24-14-17(30)28-15(21(33)34)23(2,3)36-20(14)28;;/h5-9,13-15,20H,4,10-11H2,1-3H3,(H,24,29)(H,25,35)(H,33,34);;/q;+1;-1/t13-,14-,15+,20-;;/m1../s1. The van der Waals surface area contributed by atoms with E-state index in [0.29, 0.717) is 12.1 Å². The zero-order valence-electron chi connectivity index (χ0n) is 22.0. The number of carboxylic acid groups (broad SMARTS) is 1. The number of urea groups is 1. The summed E-state index contributed by atoms with van der Waals surface area (Å²) in [4.78, 5) is 78.8. The molecule has 3 fully saturated rings. The van der Waals surface area contributed by atoms with Gasteiger partial charge in [0.2, 0.25) is 11.8 Å². The zero-order valence-corrected chi connectivity index (χ0v) is 23.8. The molecule has 6 amide bonds. The number of likely N-dealkylation sites (N-methyl/N-ethyl adjacent to an activating group) is 1. The van der Waals surface area contributed by atoms with Crippen molar-refractivity contribution in [2.75, 3.05) is 19.6 Å². The van der Waals surface area contributed by atoms with Gasteiger partial charge in [0.15, 0.2) is 0 Å². The summed E-state index contributed by atoms with van der Waals surface area (Å²) in [5, 5.41) is 14.2. The van der Waals surface area contributed by atoms with Crippen LogP contribution in [0.5, 0.6) is 0 Å². The molecule has 0 spiro atoms. The van der Waals surface area contributed by atoms with Gasteiger partial charge in [0, 0.05) is 24.4 Å². The van der Waals surface area contributed by atoms with Crippen LogP contribution in [0, 0.1) is 0 Å². The van der Waals surface area contributed by atoms with Gasteiger partial charge >= 0.3 is 53.4 Å². The zero-order chi connectivity index (χ0) is 26.4. The van der Waals surface area contributed by atoms with E-state index in [1.54, 1.807) is 51.1 Å². The molecule has 3 heterocycles. The van der Waals surface area contributed by atoms with E-state index in [1.807, 2.05) is 0 Å². The maximum absolute atomic E-state index is 13.3. The Labute approximate surface area is 241 Å². The van der Waals surface area contributed by atoms with Crippen molar-refractivity contribution in [2.45, 2.75) is 49.0 Å². The van der Waals surface area contributed by atoms with Gasteiger partial charge in [0.05, 0.1) is 0 Å². The summed E-state index contributed by atoms with van der Waals surface area (Å²) in [5.74, 6) is -4.12. The van der Waals surface area contributed by atoms with Crippen molar-refractivity contribution >= 4 is 47.4 Å². The summed E-state index contributed by atoms with van der Waals surface area (Å²) in [5.41, 5.74) is 0.403. The maximum Gasteiger partial charge on any atom is 1.00 e. The SMILES string of the molecule is CCN1CCN(C(=O)N[C@@H](C(=O)N[C@@H]2C(=O)N3[C@@H]2SC(C)(C)[C@@H]3C(=O)O)c2ccccc2)C(=O)C1=O.[H-].[Na+]. The number of β-lactam (4-membered cyclic amide) rings is 1. The Morgan fingerprint density at radius 3 is 2.38 bits per heavy atom. The summed E-state index contributed by atoms with van der Waals surface area (Å²) < 4.78 is -0.758. The maximum atomic E-state index is 13.3. The summed E-state index contributed by atoms with van der Waals surface area (Å²) in [7, 11) is 0. The number of piperazine rings is 1. The van der Waals surface area contributed by atoms with Crippen molar-refractivity contribution in [3.63, 3.8) is 0 Å². The predicted molar refractivity (Wildman–Crippen MR) is 128 cm³/mol. The smallest absolute Gasteiger partial charge is 1.00 e. The summed E-state index contributed by atoms with van der Waals surface area (Å²) >= 11 is 1.28. The number of carbonyl (C=O) groups is 6. The Morgan fingerprint density at radius 1 is 1.14 bits per heavy atom. The molecule has 4 rings (SSSR count). The topological polar surface area (TPSA) is 156 Å². The average molecular weight is 542 g/mol. The number of hydrogen-bond acceptors (Lipinski definition) is 7. The van der Waals surface area contributed by atoms with Gasteiger partial charge in [-0.3, -0.25) is 24.1 Å². The predicted octanol–water partition coefficient (Wildman–Crippen LogP) is -3.12. The van der Waals surface area contributed by atoms with Gasteiger partial charge in [0.1, 0.15) is 23.5 Å². The molecule has 37 heavy (non-hydrogen) atoms. The number of rotatable bonds is 6. The van der Waals surface area contributed by atoms with E-state index in [4.69, 9.17) is 0 Å². The first kappa shape index (κ1) is 29.0. The molecule has 14 heteroatoms. The second kappa shape index (κ2) is 11.0. The Balaban J connectivity index is 0.00000253. The number of carbonyl (C=O) groups excluding carboxylic acids is 5. The number of nitrogens with one attached hydrogen (secondary N) is 2. The summed E-state index contributed by atoms with van der Waals surface area (Å²) in [6.07, 6.45) is 0. The quantitative estimate of drug-likeness (QED) is 0.194. The van der Waals surface area contributed by atoms with Crippen LogP contribution in [0.3, 0.4) is 0 Å². The second-order valence-electron chi connectivity index (χ2n) is 9.22. The molecule has 3 aliphatic heterocycles. The van der Waals surface area contributed by atoms with E-state index in [-0.39, 0.29) is 44.1 Å². The molecule has 0 aromatic heterocycles. The number of aliphatic carboxylic acids is 1. The van der Waals surface area contributed by atoms with E-state index < -0.39 is 63.9 Å². The molecule has 0 bridgehead atoms. The second-order valence-corrected chi connectivity index (χ2v) is 11.0. The molecular weight excluding hydrogens is 513 g/mol. The number of imide groups is 1. The minimum Gasteiger partial charge on any atom is -1.00 e. The van der Waals surface area contributed by atoms with Crippen molar-refractivity contribution in [1.29, 1.82) is 0 Å². The van der Waals surface area contributed by atoms with Crippen LogP contribution in [-0.4, -0.2) is 97.3 Å². The fourth-order valence-corrected chi connectivity index (χ4v) is 6.32. The first-order valence-corrected chi connectivity index (χ1v) is 12.3. The normalized spacial score (nSPS) is 25.0. The van der Waals surface area contributed by atoms with Gasteiger partial charge in [-0.25, -0.2) is 9.59 Å². The molecule has 0 saturated carbocycles. The molecule has 12 nitrogen and oxygen atoms in total. The van der Waals surface area contributed by atoms with Gasteiger partial charge in [0.25, 0.3) is 0 Å². The number of hydrogen-bond donors (Lipinski definition) is 3. The van der Waals surface area contributed by atoms with Crippen molar-refractivity contribution in [2.24, 2.45) is 0 Å². The molecule has 194 valence electrons. The number of thioether (sulfide) groups is 1. The van der Waals surface area contributed by atoms with Crippen molar-refractivity contribution in [1.82, 2.24) is 25.3 Å². The number of nitrogens with zero attached hydrogens (tertiary/aromatic N) is 3. The van der Waals surface area contributed by atoms with Crippen molar-refractivity contribution in [3.05, 3.63) is 35.9 Å². The Bertz CT molecular complexity index is 1140. The Morgan fingerprint density at radius 2 is 1.78 bits per heavy atom. The molecule has 0 radical (unpaired) electrons. The van der Waals surface area contributed by atoms with Gasteiger partial charge in [-0.15, -0.1) is 11.8 Å². The number of benzene rings is 1. The van der Waals surface area contributed by atoms with E-state index in [1.165, 1.54) is 21.6 Å². The average Bonchev–Trinajstić information content (AvgIpc) is 3.10. The molecule has 3 saturated heterocycles. The van der Waals surface area contributed by atoms with E-state index in [9.17, 15) is 33.9 Å². The molecule has 1 aromatic rings. The van der Waals surface area contributed by atoms with Gasteiger partial charge < -0.3 is 27.0 Å². The van der Waals surface area contributed by atoms with Crippen LogP contribution in [-0.2, 0) is 24.0 Å². The summed E-state index contributed by atoms with van der Waals surface area (Å²) in [6.45, 7) is 5.67. The molecule has 3 aliphatic rings. The van der Waals surface area contributed by atoms with Crippen LogP contribution in [0.1, 0.15) is 33.8 Å². The molecule has 0 unspecified atom stereocenters. The number of carboxylic acids is 1. The minimum atomic E-state index is -1.26. The van der Waals surface area contributed by atoms with Crippen molar-refractivity contribution in [3.8, 4) is 0 Å². The van der Waals surface area contributed by atoms with E-state index in [0.717, 1.165) is 4.90 Å². The Hall–Kier alpha value is -2.61. The van der Waals surface area contributed by atoms with Crippen LogP contribution >= 0.6 is 11.8 Å². The number of amides is 6. The van der Waals surface area contributed by atoms with Crippen molar-refractivity contribution < 1.29 is 64.9 Å². The largest absolute Gasteiger partial charge is 1.00 e. The van der Waals surface area contributed by atoms with Crippen LogP contribution in [0.25, 0.3) is 0 Å². The molecule has 3 N–H and O–H groups in total. The van der Waals surface area contributed by atoms with Gasteiger partial charge in [-0.2, -0.15) is 0 Å². The number of fused-ring (bicyclic) bond motifs is 1. The van der Waals surface area contributed by atoms with Crippen LogP contribution in [0.2, 0.25) is 0 Å². The first-order valence-electron chi connectivity index (χ1n) is 11.5. The summed E-state index contributed by atoms with van der Waals surface area (Å²) in [6, 6.07) is 4.11. The van der Waals surface area contributed by atoms with Crippen LogP contribution in [0.4, 0.5) is 4.79 Å². The molecular formula is C23H28N5NaO7S. The van der Waals surface area contributed by atoms with E-state index in [2.05, 4.69) is 10.6 Å². The van der Waals surface area contributed by atoms with Gasteiger partial charge in [-0.1, -0.05) is 30.3 Å². The molecule has 0 aliphatic carbocycles. The third-order valence-electron chi connectivity index (χ3n) is 6.57. The van der Waals surface area contributed by atoms with Gasteiger partial charge in [-0.05, 0) is 26.3 Å². The monoisotopic (exact) mass is 541 g/mol. The van der Waals surface area contributed by atoms with Crippen LogP contribution in [0.15, 0.2) is 30.3 Å². The Kier molecular flexibility index (Phi) is 8.62. The minimum absolute atomic E-state index is 0. The molecule has 4 atom stereocenters. The third-order valence-corrected chi connectivity index (χ3v) is 8.14. The van der Waals surface area contributed by atoms with Crippen LogP contribution < -0.4 is 40.2 Å². The first-order chi connectivity index (χ1) is 17.0. The van der Waals surface area contributed by atoms with E-state index >= 15 is 0 Å². The fraction of sp³-hybridized carbons (Fsp3) is 0.478.